The lowest BCUT2D eigenvalue weighted by molar-refractivity contribution is 0.0774. The van der Waals surface area contributed by atoms with Crippen LogP contribution >= 0.6 is 0 Å². The first kappa shape index (κ1) is 20.1. The lowest BCUT2D eigenvalue weighted by atomic mass is 9.97. The van der Waals surface area contributed by atoms with Gasteiger partial charge < -0.3 is 4.90 Å². The third kappa shape index (κ3) is 3.53. The van der Waals surface area contributed by atoms with E-state index in [9.17, 15) is 4.79 Å². The molecule has 0 spiro atoms. The summed E-state index contributed by atoms with van der Waals surface area (Å²) >= 11 is 0. The van der Waals surface area contributed by atoms with Crippen LogP contribution in [0.15, 0.2) is 30.6 Å². The Morgan fingerprint density at radius 3 is 2.39 bits per heavy atom. The molecule has 0 fully saturated rings. The normalized spacial score (nSPS) is 11.8. The van der Waals surface area contributed by atoms with E-state index < -0.39 is 0 Å². The van der Waals surface area contributed by atoms with E-state index in [1.54, 1.807) is 0 Å². The SMILES string of the molecule is CCN(CC)C(=O)c1c(C)c(-c2cnn(C(C)(C)C)c2)nc2ccc(C)cc12. The van der Waals surface area contributed by atoms with Gasteiger partial charge in [-0.25, -0.2) is 4.98 Å². The molecule has 0 aliphatic rings. The topological polar surface area (TPSA) is 51.0 Å². The molecule has 0 aliphatic heterocycles. The van der Waals surface area contributed by atoms with Gasteiger partial charge in [-0.3, -0.25) is 9.48 Å². The third-order valence-electron chi connectivity index (χ3n) is 5.19. The van der Waals surface area contributed by atoms with E-state index in [1.165, 1.54) is 0 Å². The minimum absolute atomic E-state index is 0.0602. The van der Waals surface area contributed by atoms with E-state index in [2.05, 4.69) is 31.9 Å². The van der Waals surface area contributed by atoms with Gasteiger partial charge in [0, 0.05) is 30.2 Å². The van der Waals surface area contributed by atoms with Gasteiger partial charge in [0.05, 0.1) is 28.5 Å². The fourth-order valence-electron chi connectivity index (χ4n) is 3.51. The number of amides is 1. The van der Waals surface area contributed by atoms with Gasteiger partial charge in [-0.1, -0.05) is 11.6 Å². The molecule has 0 unspecified atom stereocenters. The maximum atomic E-state index is 13.4. The zero-order valence-electron chi connectivity index (χ0n) is 18.0. The summed E-state index contributed by atoms with van der Waals surface area (Å²) in [7, 11) is 0. The highest BCUT2D eigenvalue weighted by atomic mass is 16.2. The average molecular weight is 379 g/mol. The van der Waals surface area contributed by atoms with Crippen molar-refractivity contribution in [2.45, 2.75) is 54.0 Å². The van der Waals surface area contributed by atoms with Crippen molar-refractivity contribution in [3.8, 4) is 11.3 Å². The Bertz CT molecular complexity index is 1020. The highest BCUT2D eigenvalue weighted by Crippen LogP contribution is 2.31. The van der Waals surface area contributed by atoms with Crippen LogP contribution in [-0.2, 0) is 5.54 Å². The number of aryl methyl sites for hydroxylation is 1. The number of aromatic nitrogens is 3. The first-order valence-corrected chi connectivity index (χ1v) is 9.93. The maximum absolute atomic E-state index is 13.4. The maximum Gasteiger partial charge on any atom is 0.254 e. The number of benzene rings is 1. The van der Waals surface area contributed by atoms with Crippen LogP contribution in [0.5, 0.6) is 0 Å². The van der Waals surface area contributed by atoms with Gasteiger partial charge in [-0.2, -0.15) is 5.10 Å². The number of rotatable bonds is 4. The molecule has 0 saturated carbocycles. The quantitative estimate of drug-likeness (QED) is 0.645. The average Bonchev–Trinajstić information content (AvgIpc) is 3.12. The Morgan fingerprint density at radius 2 is 1.82 bits per heavy atom. The number of fused-ring (bicyclic) bond motifs is 1. The van der Waals surface area contributed by atoms with Crippen LogP contribution in [-0.4, -0.2) is 38.7 Å². The predicted molar refractivity (Wildman–Crippen MR) is 115 cm³/mol. The molecule has 28 heavy (non-hydrogen) atoms. The van der Waals surface area contributed by atoms with Crippen LogP contribution in [0.4, 0.5) is 0 Å². The van der Waals surface area contributed by atoms with Gasteiger partial charge in [0.15, 0.2) is 0 Å². The number of nitrogens with zero attached hydrogens (tertiary/aromatic N) is 4. The second-order valence-corrected chi connectivity index (χ2v) is 8.30. The summed E-state index contributed by atoms with van der Waals surface area (Å²) in [5, 5.41) is 5.44. The van der Waals surface area contributed by atoms with Crippen molar-refractivity contribution in [2.75, 3.05) is 13.1 Å². The summed E-state index contributed by atoms with van der Waals surface area (Å²) in [5.74, 6) is 0.0602. The molecule has 0 saturated heterocycles. The number of hydrogen-bond acceptors (Lipinski definition) is 3. The van der Waals surface area contributed by atoms with Crippen molar-refractivity contribution in [3.05, 3.63) is 47.3 Å². The molecule has 5 heteroatoms. The fraction of sp³-hybridized carbons (Fsp3) is 0.435. The molecule has 0 radical (unpaired) electrons. The summed E-state index contributed by atoms with van der Waals surface area (Å²) in [6, 6.07) is 6.11. The summed E-state index contributed by atoms with van der Waals surface area (Å²) in [4.78, 5) is 20.2. The Morgan fingerprint density at radius 1 is 1.14 bits per heavy atom. The molecule has 3 aromatic rings. The van der Waals surface area contributed by atoms with E-state index >= 15 is 0 Å². The molecule has 148 valence electrons. The lowest BCUT2D eigenvalue weighted by Crippen LogP contribution is -2.31. The van der Waals surface area contributed by atoms with Gasteiger partial charge >= 0.3 is 0 Å². The molecular weight excluding hydrogens is 348 g/mol. The molecule has 0 aliphatic carbocycles. The molecule has 0 N–H and O–H groups in total. The van der Waals surface area contributed by atoms with E-state index in [-0.39, 0.29) is 11.4 Å². The first-order chi connectivity index (χ1) is 13.2. The molecule has 1 aromatic carbocycles. The Hall–Kier alpha value is -2.69. The standard InChI is InChI=1S/C23H30N4O/c1-8-26(9-2)22(28)20-16(4)21(17-13-24-27(14-17)23(5,6)7)25-19-11-10-15(3)12-18(19)20/h10-14H,8-9H2,1-7H3. The van der Waals surface area contributed by atoms with Gasteiger partial charge in [0.25, 0.3) is 5.91 Å². The third-order valence-corrected chi connectivity index (χ3v) is 5.19. The van der Waals surface area contributed by atoms with Gasteiger partial charge in [0.2, 0.25) is 0 Å². The number of carbonyl (C=O) groups excluding carboxylic acids is 1. The molecule has 2 aromatic heterocycles. The van der Waals surface area contributed by atoms with Crippen LogP contribution in [0.2, 0.25) is 0 Å². The smallest absolute Gasteiger partial charge is 0.254 e. The van der Waals surface area contributed by atoms with Crippen LogP contribution in [0, 0.1) is 13.8 Å². The number of pyridine rings is 1. The van der Waals surface area contributed by atoms with Gasteiger partial charge in [-0.05, 0) is 66.2 Å². The minimum atomic E-state index is -0.111. The van der Waals surface area contributed by atoms with Crippen LogP contribution in [0.1, 0.15) is 56.1 Å². The molecule has 5 nitrogen and oxygen atoms in total. The van der Waals surface area contributed by atoms with Gasteiger partial charge in [0.1, 0.15) is 0 Å². The molecule has 0 bridgehead atoms. The highest BCUT2D eigenvalue weighted by Gasteiger charge is 2.23. The van der Waals surface area contributed by atoms with Crippen molar-refractivity contribution < 1.29 is 4.79 Å². The lowest BCUT2D eigenvalue weighted by Gasteiger charge is -2.22. The van der Waals surface area contributed by atoms with Crippen molar-refractivity contribution in [1.29, 1.82) is 0 Å². The first-order valence-electron chi connectivity index (χ1n) is 9.93. The van der Waals surface area contributed by atoms with E-state index in [0.717, 1.165) is 38.9 Å². The molecule has 2 heterocycles. The minimum Gasteiger partial charge on any atom is -0.339 e. The van der Waals surface area contributed by atoms with Crippen molar-refractivity contribution in [3.63, 3.8) is 0 Å². The van der Waals surface area contributed by atoms with E-state index in [0.29, 0.717) is 13.1 Å². The number of hydrogen-bond donors (Lipinski definition) is 0. The van der Waals surface area contributed by atoms with Crippen molar-refractivity contribution in [2.24, 2.45) is 0 Å². The Labute approximate surface area is 167 Å². The zero-order chi connectivity index (χ0) is 20.6. The Balaban J connectivity index is 2.28. The van der Waals surface area contributed by atoms with Gasteiger partial charge in [-0.15, -0.1) is 0 Å². The van der Waals surface area contributed by atoms with E-state index in [1.807, 2.05) is 61.8 Å². The second-order valence-electron chi connectivity index (χ2n) is 8.30. The summed E-state index contributed by atoms with van der Waals surface area (Å²) in [6.07, 6.45) is 3.85. The highest BCUT2D eigenvalue weighted by molar-refractivity contribution is 6.09. The Kier molecular flexibility index (Phi) is 5.28. The zero-order valence-corrected chi connectivity index (χ0v) is 18.0. The van der Waals surface area contributed by atoms with Crippen molar-refractivity contribution >= 4 is 16.8 Å². The van der Waals surface area contributed by atoms with Crippen LogP contribution < -0.4 is 0 Å². The summed E-state index contributed by atoms with van der Waals surface area (Å²) in [5.41, 5.74) is 5.26. The second kappa shape index (κ2) is 7.38. The number of carbonyl (C=O) groups is 1. The molecule has 3 rings (SSSR count). The van der Waals surface area contributed by atoms with Crippen LogP contribution in [0.25, 0.3) is 22.2 Å². The molecule has 0 atom stereocenters. The largest absolute Gasteiger partial charge is 0.339 e. The predicted octanol–water partition coefficient (Wildman–Crippen LogP) is 4.95. The molecular formula is C23H30N4O. The summed E-state index contributed by atoms with van der Waals surface area (Å²) < 4.78 is 1.94. The monoisotopic (exact) mass is 378 g/mol. The van der Waals surface area contributed by atoms with Crippen molar-refractivity contribution in [1.82, 2.24) is 19.7 Å². The summed E-state index contributed by atoms with van der Waals surface area (Å²) in [6.45, 7) is 15.8. The fourth-order valence-corrected chi connectivity index (χ4v) is 3.51. The van der Waals surface area contributed by atoms with E-state index in [4.69, 9.17) is 4.98 Å². The van der Waals surface area contributed by atoms with Crippen LogP contribution in [0.3, 0.4) is 0 Å². The molecule has 1 amide bonds.